The summed E-state index contributed by atoms with van der Waals surface area (Å²) in [7, 11) is 0. The van der Waals surface area contributed by atoms with Gasteiger partial charge in [-0.05, 0) is 25.0 Å². The Morgan fingerprint density at radius 2 is 2.00 bits per heavy atom. The van der Waals surface area contributed by atoms with Crippen LogP contribution in [0.3, 0.4) is 0 Å². The van der Waals surface area contributed by atoms with Gasteiger partial charge in [0.05, 0.1) is 11.1 Å². The summed E-state index contributed by atoms with van der Waals surface area (Å²) in [6.45, 7) is 0. The highest BCUT2D eigenvalue weighted by Crippen LogP contribution is 2.36. The van der Waals surface area contributed by atoms with Crippen molar-refractivity contribution in [1.29, 1.82) is 0 Å². The minimum Gasteiger partial charge on any atom is -0.478 e. The van der Waals surface area contributed by atoms with Crippen LogP contribution in [-0.4, -0.2) is 21.2 Å². The van der Waals surface area contributed by atoms with Crippen molar-refractivity contribution in [2.45, 2.75) is 25.2 Å². The lowest BCUT2D eigenvalue weighted by Crippen LogP contribution is -2.10. The van der Waals surface area contributed by atoms with Crippen molar-refractivity contribution in [1.82, 2.24) is 10.1 Å². The highest BCUT2D eigenvalue weighted by molar-refractivity contribution is 5.94. The summed E-state index contributed by atoms with van der Waals surface area (Å²) in [5.41, 5.74) is -0.526. The van der Waals surface area contributed by atoms with Crippen LogP contribution >= 0.6 is 0 Å². The quantitative estimate of drug-likeness (QED) is 0.935. The second-order valence-electron chi connectivity index (χ2n) is 4.70. The van der Waals surface area contributed by atoms with Crippen LogP contribution in [0.2, 0.25) is 0 Å². The van der Waals surface area contributed by atoms with Crippen LogP contribution in [0.25, 0.3) is 11.5 Å². The summed E-state index contributed by atoms with van der Waals surface area (Å²) < 4.78 is 31.4. The molecule has 0 aliphatic heterocycles. The zero-order chi connectivity index (χ0) is 14.3. The summed E-state index contributed by atoms with van der Waals surface area (Å²) in [5, 5.41) is 12.8. The van der Waals surface area contributed by atoms with Gasteiger partial charge in [-0.15, -0.1) is 0 Å². The maximum Gasteiger partial charge on any atom is 0.336 e. The molecule has 0 atom stereocenters. The number of halogens is 2. The second kappa shape index (κ2) is 4.66. The number of carboxylic acids is 1. The van der Waals surface area contributed by atoms with Crippen molar-refractivity contribution in [3.63, 3.8) is 0 Å². The highest BCUT2D eigenvalue weighted by atomic mass is 19.2. The van der Waals surface area contributed by atoms with Crippen LogP contribution in [0.1, 0.15) is 41.4 Å². The molecule has 1 aromatic heterocycles. The Balaban J connectivity index is 2.06. The Bertz CT molecular complexity index is 680. The van der Waals surface area contributed by atoms with Gasteiger partial charge in [0.25, 0.3) is 5.89 Å². The Labute approximate surface area is 112 Å². The Kier molecular flexibility index (Phi) is 2.96. The van der Waals surface area contributed by atoms with Crippen LogP contribution in [0, 0.1) is 11.6 Å². The molecule has 1 aromatic carbocycles. The number of carboxylic acid groups (broad SMARTS) is 1. The predicted octanol–water partition coefficient (Wildman–Crippen LogP) is 2.98. The summed E-state index contributed by atoms with van der Waals surface area (Å²) in [5.74, 6) is -3.21. The molecule has 0 radical (unpaired) electrons. The molecule has 0 spiro atoms. The lowest BCUT2D eigenvalue weighted by Gasteiger charge is -2.20. The largest absolute Gasteiger partial charge is 0.478 e. The molecule has 1 N–H and O–H groups in total. The normalized spacial score (nSPS) is 15.1. The Morgan fingerprint density at radius 3 is 2.60 bits per heavy atom. The molecule has 1 heterocycles. The Hall–Kier alpha value is -2.31. The third-order valence-electron chi connectivity index (χ3n) is 3.43. The third-order valence-corrected chi connectivity index (χ3v) is 3.43. The van der Waals surface area contributed by atoms with Gasteiger partial charge in [0.1, 0.15) is 0 Å². The van der Waals surface area contributed by atoms with E-state index in [1.807, 2.05) is 0 Å². The summed E-state index contributed by atoms with van der Waals surface area (Å²) in [6, 6.07) is 1.37. The molecule has 0 unspecified atom stereocenters. The lowest BCUT2D eigenvalue weighted by molar-refractivity contribution is 0.0696. The fraction of sp³-hybridized carbons (Fsp3) is 0.308. The van der Waals surface area contributed by atoms with E-state index in [0.29, 0.717) is 11.9 Å². The van der Waals surface area contributed by atoms with Gasteiger partial charge in [-0.3, -0.25) is 0 Å². The van der Waals surface area contributed by atoms with Gasteiger partial charge in [-0.2, -0.15) is 4.98 Å². The van der Waals surface area contributed by atoms with E-state index in [1.54, 1.807) is 0 Å². The van der Waals surface area contributed by atoms with E-state index in [4.69, 9.17) is 9.63 Å². The molecule has 0 amide bonds. The predicted molar refractivity (Wildman–Crippen MR) is 63.2 cm³/mol. The summed E-state index contributed by atoms with van der Waals surface area (Å²) >= 11 is 0. The first-order chi connectivity index (χ1) is 9.56. The van der Waals surface area contributed by atoms with Crippen molar-refractivity contribution >= 4 is 5.97 Å². The molecular formula is C13H10F2N2O3. The average Bonchev–Trinajstić information content (AvgIpc) is 2.78. The maximum atomic E-state index is 13.3. The molecule has 1 aliphatic carbocycles. The minimum atomic E-state index is -1.39. The monoisotopic (exact) mass is 280 g/mol. The summed E-state index contributed by atoms with van der Waals surface area (Å²) in [6.07, 6.45) is 2.98. The average molecular weight is 280 g/mol. The number of aromatic nitrogens is 2. The number of hydrogen-bond acceptors (Lipinski definition) is 4. The zero-order valence-electron chi connectivity index (χ0n) is 10.3. The molecule has 0 saturated heterocycles. The van der Waals surface area contributed by atoms with Crippen molar-refractivity contribution in [2.75, 3.05) is 0 Å². The van der Waals surface area contributed by atoms with Crippen molar-refractivity contribution in [3.8, 4) is 11.5 Å². The fourth-order valence-corrected chi connectivity index (χ4v) is 2.08. The Morgan fingerprint density at radius 1 is 1.30 bits per heavy atom. The first kappa shape index (κ1) is 12.7. The van der Waals surface area contributed by atoms with E-state index < -0.39 is 23.2 Å². The number of nitrogens with zero attached hydrogens (tertiary/aromatic N) is 2. The standard InChI is InChI=1S/C13H10F2N2O3/c14-9-4-7(8(13(18)19)5-10(9)15)12-16-11(17-20-12)6-2-1-3-6/h4-6H,1-3H2,(H,18,19). The number of hydrogen-bond donors (Lipinski definition) is 1. The molecule has 1 aliphatic rings. The van der Waals surface area contributed by atoms with Gasteiger partial charge in [0.15, 0.2) is 17.5 Å². The van der Waals surface area contributed by atoms with E-state index in [2.05, 4.69) is 10.1 Å². The number of rotatable bonds is 3. The van der Waals surface area contributed by atoms with Gasteiger partial charge < -0.3 is 9.63 Å². The SMILES string of the molecule is O=C(O)c1cc(F)c(F)cc1-c1nc(C2CCC2)no1. The molecule has 1 fully saturated rings. The maximum absolute atomic E-state index is 13.3. The van der Waals surface area contributed by atoms with Gasteiger partial charge >= 0.3 is 5.97 Å². The molecule has 5 nitrogen and oxygen atoms in total. The number of benzene rings is 1. The second-order valence-corrected chi connectivity index (χ2v) is 4.70. The van der Waals surface area contributed by atoms with Crippen LogP contribution in [-0.2, 0) is 0 Å². The zero-order valence-corrected chi connectivity index (χ0v) is 10.3. The topological polar surface area (TPSA) is 76.2 Å². The highest BCUT2D eigenvalue weighted by Gasteiger charge is 2.27. The molecule has 104 valence electrons. The molecular weight excluding hydrogens is 270 g/mol. The lowest BCUT2D eigenvalue weighted by atomic mass is 9.85. The first-order valence-corrected chi connectivity index (χ1v) is 6.12. The van der Waals surface area contributed by atoms with Crippen molar-refractivity contribution in [3.05, 3.63) is 35.2 Å². The molecule has 2 aromatic rings. The van der Waals surface area contributed by atoms with Gasteiger partial charge in [0, 0.05) is 5.92 Å². The van der Waals surface area contributed by atoms with Gasteiger partial charge in [-0.25, -0.2) is 13.6 Å². The van der Waals surface area contributed by atoms with Gasteiger partial charge in [-0.1, -0.05) is 11.6 Å². The van der Waals surface area contributed by atoms with E-state index in [1.165, 1.54) is 0 Å². The molecule has 20 heavy (non-hydrogen) atoms. The van der Waals surface area contributed by atoms with E-state index in [-0.39, 0.29) is 17.4 Å². The van der Waals surface area contributed by atoms with E-state index in [9.17, 15) is 13.6 Å². The minimum absolute atomic E-state index is 0.108. The smallest absolute Gasteiger partial charge is 0.336 e. The fourth-order valence-electron chi connectivity index (χ4n) is 2.08. The summed E-state index contributed by atoms with van der Waals surface area (Å²) in [4.78, 5) is 15.2. The van der Waals surface area contributed by atoms with E-state index in [0.717, 1.165) is 25.3 Å². The molecule has 0 bridgehead atoms. The van der Waals surface area contributed by atoms with Crippen molar-refractivity contribution in [2.24, 2.45) is 0 Å². The van der Waals surface area contributed by atoms with Crippen LogP contribution in [0.5, 0.6) is 0 Å². The first-order valence-electron chi connectivity index (χ1n) is 6.12. The number of carbonyl (C=O) groups is 1. The van der Waals surface area contributed by atoms with Gasteiger partial charge in [0.2, 0.25) is 0 Å². The van der Waals surface area contributed by atoms with Crippen molar-refractivity contribution < 1.29 is 23.2 Å². The molecule has 1 saturated carbocycles. The molecule has 7 heteroatoms. The van der Waals surface area contributed by atoms with Crippen LogP contribution < -0.4 is 0 Å². The molecule has 3 rings (SSSR count). The number of aromatic carboxylic acids is 1. The van der Waals surface area contributed by atoms with Crippen LogP contribution in [0.4, 0.5) is 8.78 Å². The van der Waals surface area contributed by atoms with Crippen LogP contribution in [0.15, 0.2) is 16.7 Å². The third kappa shape index (κ3) is 2.04. The van der Waals surface area contributed by atoms with E-state index >= 15 is 0 Å².